The summed E-state index contributed by atoms with van der Waals surface area (Å²) in [5.74, 6) is 0.593. The Morgan fingerprint density at radius 1 is 0.564 bits per heavy atom. The fourth-order valence-electron chi connectivity index (χ4n) is 8.37. The van der Waals surface area contributed by atoms with Gasteiger partial charge in [0, 0.05) is 25.6 Å². The van der Waals surface area contributed by atoms with Crippen LogP contribution in [-0.2, 0) is 18.0 Å². The lowest BCUT2D eigenvalue weighted by atomic mass is 9.87. The van der Waals surface area contributed by atoms with Crippen LogP contribution in [0.1, 0.15) is 88.5 Å². The largest absolute Gasteiger partial charge is 0.416 e. The Morgan fingerprint density at radius 2 is 0.964 bits per heavy atom. The minimum absolute atomic E-state index is 0.0135. The highest BCUT2D eigenvalue weighted by atomic mass is 28.4. The van der Waals surface area contributed by atoms with Crippen LogP contribution in [0.25, 0.3) is 0 Å². The Morgan fingerprint density at radius 3 is 1.35 bits per heavy atom. The van der Waals surface area contributed by atoms with Crippen molar-refractivity contribution in [3.63, 3.8) is 0 Å². The van der Waals surface area contributed by atoms with Crippen LogP contribution in [0.5, 0.6) is 0 Å². The smallest absolute Gasteiger partial charge is 0.264 e. The first kappa shape index (κ1) is 43.5. The molecule has 4 nitrogen and oxygen atoms in total. The minimum atomic E-state index is -2.85. The van der Waals surface area contributed by atoms with Crippen LogP contribution in [-0.4, -0.2) is 50.6 Å². The molecule has 0 radical (unpaired) electrons. The van der Waals surface area contributed by atoms with Gasteiger partial charge in [-0.1, -0.05) is 191 Å². The standard InChI is InChI=1S/C48H70O4Si3/c1-38(37-50-53(11,12)46(2,3)4)44-35-39(33-34-49-54(47(5,6)7,40-25-17-13-18-26-40)41-27-19-14-20-28-41)36-45(51-44)52-55(48(8,9)10,42-29-21-15-22-30-42)43-31-23-16-24-32-43/h13-32,38-39,44-45H,33-37H2,1-12H3/t38-,39-,44-,45-/m1/s1. The number of benzene rings is 4. The Labute approximate surface area is 337 Å². The summed E-state index contributed by atoms with van der Waals surface area (Å²) >= 11 is 0. The molecule has 0 saturated carbocycles. The molecular weight excluding hydrogens is 725 g/mol. The number of hydrogen-bond acceptors (Lipinski definition) is 4. The van der Waals surface area contributed by atoms with E-state index in [0.717, 1.165) is 19.3 Å². The molecule has 7 heteroatoms. The normalized spacial score (nSPS) is 19.6. The molecule has 4 aromatic rings. The third-order valence-electron chi connectivity index (χ3n) is 12.6. The molecule has 5 rings (SSSR count). The number of rotatable bonds is 14. The predicted molar refractivity (Wildman–Crippen MR) is 241 cm³/mol. The zero-order valence-electron chi connectivity index (χ0n) is 36.0. The topological polar surface area (TPSA) is 36.9 Å². The van der Waals surface area contributed by atoms with Gasteiger partial charge in [0.25, 0.3) is 16.6 Å². The summed E-state index contributed by atoms with van der Waals surface area (Å²) < 4.78 is 29.2. The van der Waals surface area contributed by atoms with E-state index in [4.69, 9.17) is 18.0 Å². The van der Waals surface area contributed by atoms with Gasteiger partial charge in [0.15, 0.2) is 8.32 Å². The summed E-state index contributed by atoms with van der Waals surface area (Å²) in [6, 6.07) is 44.0. The van der Waals surface area contributed by atoms with Crippen molar-refractivity contribution < 1.29 is 18.0 Å². The van der Waals surface area contributed by atoms with Crippen LogP contribution >= 0.6 is 0 Å². The van der Waals surface area contributed by atoms with E-state index in [0.29, 0.717) is 19.1 Å². The van der Waals surface area contributed by atoms with Crippen molar-refractivity contribution >= 4 is 45.7 Å². The fraction of sp³-hybridized carbons (Fsp3) is 0.500. The SMILES string of the molecule is C[C@H](CO[Si](C)(C)C(C)(C)C)[C@H]1C[C@@H](CCO[Si](c2ccccc2)(c2ccccc2)C(C)(C)C)C[C@@H](O[Si](c2ccccc2)(c2ccccc2)C(C)(C)C)O1. The number of hydrogen-bond donors (Lipinski definition) is 0. The van der Waals surface area contributed by atoms with Crippen molar-refractivity contribution in [1.29, 1.82) is 0 Å². The van der Waals surface area contributed by atoms with Crippen LogP contribution in [0.2, 0.25) is 28.2 Å². The minimum Gasteiger partial charge on any atom is -0.416 e. The molecule has 1 aliphatic heterocycles. The molecule has 1 heterocycles. The predicted octanol–water partition coefficient (Wildman–Crippen LogP) is 10.3. The molecule has 1 fully saturated rings. The van der Waals surface area contributed by atoms with Crippen LogP contribution in [0, 0.1) is 11.8 Å². The molecule has 0 amide bonds. The van der Waals surface area contributed by atoms with Crippen LogP contribution in [0.15, 0.2) is 121 Å². The van der Waals surface area contributed by atoms with E-state index in [-0.39, 0.29) is 33.4 Å². The average Bonchev–Trinajstić information content (AvgIpc) is 3.14. The summed E-state index contributed by atoms with van der Waals surface area (Å²) in [4.78, 5) is 0. The Kier molecular flexibility index (Phi) is 13.8. The van der Waals surface area contributed by atoms with Crippen molar-refractivity contribution in [3.8, 4) is 0 Å². The molecule has 0 spiro atoms. The maximum atomic E-state index is 7.72. The molecule has 0 aliphatic carbocycles. The van der Waals surface area contributed by atoms with Crippen molar-refractivity contribution in [3.05, 3.63) is 121 Å². The third kappa shape index (κ3) is 9.57. The lowest BCUT2D eigenvalue weighted by Crippen LogP contribution is -2.68. The van der Waals surface area contributed by atoms with Crippen LogP contribution in [0.4, 0.5) is 0 Å². The molecule has 0 bridgehead atoms. The summed E-state index contributed by atoms with van der Waals surface area (Å²) in [7, 11) is -7.45. The molecule has 55 heavy (non-hydrogen) atoms. The third-order valence-corrected chi connectivity index (χ3v) is 27.1. The van der Waals surface area contributed by atoms with Crippen LogP contribution < -0.4 is 20.7 Å². The van der Waals surface area contributed by atoms with Gasteiger partial charge in [0.2, 0.25) is 0 Å². The monoisotopic (exact) mass is 794 g/mol. The zero-order valence-corrected chi connectivity index (χ0v) is 39.0. The maximum Gasteiger partial charge on any atom is 0.264 e. The second-order valence-electron chi connectivity index (χ2n) is 19.6. The van der Waals surface area contributed by atoms with E-state index in [9.17, 15) is 0 Å². The summed E-state index contributed by atoms with van der Waals surface area (Å²) in [6.45, 7) is 29.5. The molecule has 0 unspecified atom stereocenters. The first-order valence-corrected chi connectivity index (χ1v) is 27.4. The highest BCUT2D eigenvalue weighted by molar-refractivity contribution is 7.00. The van der Waals surface area contributed by atoms with Crippen molar-refractivity contribution in [2.24, 2.45) is 11.8 Å². The van der Waals surface area contributed by atoms with Crippen LogP contribution in [0.3, 0.4) is 0 Å². The van der Waals surface area contributed by atoms with Crippen molar-refractivity contribution in [2.75, 3.05) is 13.2 Å². The lowest BCUT2D eigenvalue weighted by molar-refractivity contribution is -0.184. The highest BCUT2D eigenvalue weighted by Crippen LogP contribution is 2.43. The van der Waals surface area contributed by atoms with E-state index >= 15 is 0 Å². The molecular formula is C48H70O4Si3. The Balaban J connectivity index is 1.49. The Bertz CT molecular complexity index is 1670. The van der Waals surface area contributed by atoms with Gasteiger partial charge in [-0.15, -0.1) is 0 Å². The number of ether oxygens (including phenoxy) is 1. The molecule has 4 atom stereocenters. The lowest BCUT2D eigenvalue weighted by Gasteiger charge is -2.48. The van der Waals surface area contributed by atoms with E-state index in [2.05, 4.69) is 204 Å². The van der Waals surface area contributed by atoms with Gasteiger partial charge >= 0.3 is 0 Å². The molecule has 1 saturated heterocycles. The molecule has 0 aromatic heterocycles. The van der Waals surface area contributed by atoms with Gasteiger partial charge in [0.05, 0.1) is 6.10 Å². The first-order valence-electron chi connectivity index (χ1n) is 20.6. The highest BCUT2D eigenvalue weighted by Gasteiger charge is 2.53. The van der Waals surface area contributed by atoms with Crippen molar-refractivity contribution in [2.45, 2.75) is 129 Å². The molecule has 298 valence electrons. The van der Waals surface area contributed by atoms with Gasteiger partial charge < -0.3 is 18.0 Å². The fourth-order valence-corrected chi connectivity index (χ4v) is 18.6. The van der Waals surface area contributed by atoms with E-state index < -0.39 is 25.0 Å². The molecule has 4 aromatic carbocycles. The van der Waals surface area contributed by atoms with Gasteiger partial charge in [-0.05, 0) is 67.7 Å². The maximum absolute atomic E-state index is 7.72. The quantitative estimate of drug-likeness (QED) is 0.119. The summed E-state index contributed by atoms with van der Waals surface area (Å²) in [5.41, 5.74) is 0. The molecule has 0 N–H and O–H groups in total. The summed E-state index contributed by atoms with van der Waals surface area (Å²) in [6.07, 6.45) is 2.41. The molecule has 1 aliphatic rings. The van der Waals surface area contributed by atoms with Gasteiger partial charge in [-0.25, -0.2) is 0 Å². The Hall–Kier alpha value is -2.63. The zero-order chi connectivity index (χ0) is 40.1. The second-order valence-corrected chi connectivity index (χ2v) is 32.9. The van der Waals surface area contributed by atoms with E-state index in [1.807, 2.05) is 0 Å². The van der Waals surface area contributed by atoms with Gasteiger partial charge in [-0.2, -0.15) is 0 Å². The van der Waals surface area contributed by atoms with Crippen molar-refractivity contribution in [1.82, 2.24) is 0 Å². The average molecular weight is 795 g/mol. The van der Waals surface area contributed by atoms with Gasteiger partial charge in [0.1, 0.15) is 6.29 Å². The first-order chi connectivity index (χ1) is 25.8. The second kappa shape index (κ2) is 17.5. The van der Waals surface area contributed by atoms with Gasteiger partial charge in [-0.3, -0.25) is 0 Å². The van der Waals surface area contributed by atoms with E-state index in [1.54, 1.807) is 0 Å². The summed E-state index contributed by atoms with van der Waals surface area (Å²) in [5, 5.41) is 5.13. The van der Waals surface area contributed by atoms with E-state index in [1.165, 1.54) is 20.7 Å².